The predicted molar refractivity (Wildman–Crippen MR) is 110 cm³/mol. The van der Waals surface area contributed by atoms with Crippen LogP contribution in [0.1, 0.15) is 18.1 Å². The lowest BCUT2D eigenvalue weighted by Crippen LogP contribution is -2.51. The smallest absolute Gasteiger partial charge is 0.263 e. The van der Waals surface area contributed by atoms with E-state index in [1.165, 1.54) is 6.08 Å². The maximum Gasteiger partial charge on any atom is 0.263 e. The number of halogens is 1. The van der Waals surface area contributed by atoms with Crippen LogP contribution in [-0.4, -0.2) is 23.5 Å². The SMILES string of the molecule is CCOc1cc(C=C2C(=O)NC(=S)NC2=O)ccc1OCc1ccccc1Cl. The number of benzene rings is 2. The maximum absolute atomic E-state index is 12.0. The largest absolute Gasteiger partial charge is 0.490 e. The average Bonchev–Trinajstić information content (AvgIpc) is 2.65. The number of hydrogen-bond donors (Lipinski definition) is 2. The Morgan fingerprint density at radius 2 is 1.75 bits per heavy atom. The van der Waals surface area contributed by atoms with E-state index < -0.39 is 11.8 Å². The highest BCUT2D eigenvalue weighted by Crippen LogP contribution is 2.31. The molecule has 2 amide bonds. The molecule has 28 heavy (non-hydrogen) atoms. The number of nitrogens with one attached hydrogen (secondary N) is 2. The molecule has 0 aromatic heterocycles. The van der Waals surface area contributed by atoms with Gasteiger partial charge in [0.25, 0.3) is 11.8 Å². The molecule has 0 bridgehead atoms. The van der Waals surface area contributed by atoms with Crippen molar-refractivity contribution in [1.82, 2.24) is 10.6 Å². The van der Waals surface area contributed by atoms with Crippen LogP contribution < -0.4 is 20.1 Å². The topological polar surface area (TPSA) is 76.7 Å². The first-order valence-electron chi connectivity index (χ1n) is 8.49. The third kappa shape index (κ3) is 4.68. The normalized spacial score (nSPS) is 13.6. The van der Waals surface area contributed by atoms with E-state index in [4.69, 9.17) is 33.3 Å². The molecule has 0 spiro atoms. The first-order chi connectivity index (χ1) is 13.5. The van der Waals surface area contributed by atoms with E-state index in [9.17, 15) is 9.59 Å². The lowest BCUT2D eigenvalue weighted by Gasteiger charge is -2.17. The van der Waals surface area contributed by atoms with Gasteiger partial charge in [-0.3, -0.25) is 20.2 Å². The van der Waals surface area contributed by atoms with E-state index in [2.05, 4.69) is 10.6 Å². The van der Waals surface area contributed by atoms with Gasteiger partial charge in [0.15, 0.2) is 16.6 Å². The van der Waals surface area contributed by atoms with Crippen LogP contribution >= 0.6 is 23.8 Å². The number of rotatable bonds is 6. The molecule has 1 aliphatic heterocycles. The van der Waals surface area contributed by atoms with Gasteiger partial charge in [-0.15, -0.1) is 0 Å². The molecule has 0 saturated carbocycles. The van der Waals surface area contributed by atoms with E-state index in [0.29, 0.717) is 28.7 Å². The monoisotopic (exact) mass is 416 g/mol. The summed E-state index contributed by atoms with van der Waals surface area (Å²) in [4.78, 5) is 24.0. The number of thiocarbonyl (C=S) groups is 1. The summed E-state index contributed by atoms with van der Waals surface area (Å²) in [7, 11) is 0. The molecular formula is C20H17ClN2O4S. The average molecular weight is 417 g/mol. The summed E-state index contributed by atoms with van der Waals surface area (Å²) in [5, 5.41) is 5.41. The van der Waals surface area contributed by atoms with Gasteiger partial charge in [0.1, 0.15) is 12.2 Å². The van der Waals surface area contributed by atoms with Gasteiger partial charge in [-0.25, -0.2) is 0 Å². The molecule has 1 fully saturated rings. The van der Waals surface area contributed by atoms with Crippen molar-refractivity contribution < 1.29 is 19.1 Å². The van der Waals surface area contributed by atoms with Crippen LogP contribution in [0, 0.1) is 0 Å². The van der Waals surface area contributed by atoms with Crippen molar-refractivity contribution in [3.05, 3.63) is 64.2 Å². The molecule has 3 rings (SSSR count). The molecule has 1 aliphatic rings. The summed E-state index contributed by atoms with van der Waals surface area (Å²) in [6.07, 6.45) is 1.47. The lowest BCUT2D eigenvalue weighted by molar-refractivity contribution is -0.123. The van der Waals surface area contributed by atoms with Crippen molar-refractivity contribution in [3.63, 3.8) is 0 Å². The van der Waals surface area contributed by atoms with Crippen molar-refractivity contribution in [1.29, 1.82) is 0 Å². The fourth-order valence-corrected chi connectivity index (χ4v) is 2.92. The minimum Gasteiger partial charge on any atom is -0.490 e. The number of ether oxygens (including phenoxy) is 2. The lowest BCUT2D eigenvalue weighted by atomic mass is 10.1. The second-order valence-corrected chi connectivity index (χ2v) is 6.63. The Morgan fingerprint density at radius 1 is 1.04 bits per heavy atom. The second kappa shape index (κ2) is 8.86. The van der Waals surface area contributed by atoms with Crippen molar-refractivity contribution in [2.75, 3.05) is 6.61 Å². The summed E-state index contributed by atoms with van der Waals surface area (Å²) in [5.41, 5.74) is 1.42. The van der Waals surface area contributed by atoms with E-state index in [0.717, 1.165) is 5.56 Å². The fraction of sp³-hybridized carbons (Fsp3) is 0.150. The fourth-order valence-electron chi connectivity index (χ4n) is 2.55. The van der Waals surface area contributed by atoms with Gasteiger partial charge < -0.3 is 9.47 Å². The molecule has 0 radical (unpaired) electrons. The summed E-state index contributed by atoms with van der Waals surface area (Å²) in [6, 6.07) is 12.6. The standard InChI is InChI=1S/C20H17ClN2O4S/c1-2-26-17-10-12(9-14-18(24)22-20(28)23-19(14)25)7-8-16(17)27-11-13-5-3-4-6-15(13)21/h3-10H,2,11H2,1H3,(H2,22,23,24,25,28). The van der Waals surface area contributed by atoms with Crippen LogP contribution in [0.2, 0.25) is 5.02 Å². The van der Waals surface area contributed by atoms with Crippen LogP contribution in [0.25, 0.3) is 6.08 Å². The van der Waals surface area contributed by atoms with Gasteiger partial charge in [-0.1, -0.05) is 35.9 Å². The van der Waals surface area contributed by atoms with Crippen LogP contribution in [0.4, 0.5) is 0 Å². The van der Waals surface area contributed by atoms with Gasteiger partial charge in [-0.2, -0.15) is 0 Å². The molecule has 144 valence electrons. The van der Waals surface area contributed by atoms with Crippen molar-refractivity contribution in [2.45, 2.75) is 13.5 Å². The number of carbonyl (C=O) groups excluding carboxylic acids is 2. The quantitative estimate of drug-likeness (QED) is 0.429. The first kappa shape index (κ1) is 19.9. The Kier molecular flexibility index (Phi) is 6.28. The Morgan fingerprint density at radius 3 is 2.43 bits per heavy atom. The zero-order valence-electron chi connectivity index (χ0n) is 15.0. The van der Waals surface area contributed by atoms with Gasteiger partial charge in [-0.05, 0) is 49.0 Å². The Balaban J connectivity index is 1.83. The van der Waals surface area contributed by atoms with Crippen LogP contribution in [0.5, 0.6) is 11.5 Å². The second-order valence-electron chi connectivity index (χ2n) is 5.81. The van der Waals surface area contributed by atoms with Crippen LogP contribution in [0.3, 0.4) is 0 Å². The van der Waals surface area contributed by atoms with E-state index in [1.54, 1.807) is 24.3 Å². The number of carbonyl (C=O) groups is 2. The number of hydrogen-bond acceptors (Lipinski definition) is 5. The van der Waals surface area contributed by atoms with E-state index in [-0.39, 0.29) is 17.3 Å². The predicted octanol–water partition coefficient (Wildman–Crippen LogP) is 3.23. The van der Waals surface area contributed by atoms with Crippen LogP contribution in [-0.2, 0) is 16.2 Å². The minimum absolute atomic E-state index is 0.00882. The molecule has 8 heteroatoms. The number of amides is 2. The molecule has 6 nitrogen and oxygen atoms in total. The molecule has 2 N–H and O–H groups in total. The van der Waals surface area contributed by atoms with Crippen molar-refractivity contribution in [3.8, 4) is 11.5 Å². The Bertz CT molecular complexity index is 952. The Labute approximate surface area is 172 Å². The minimum atomic E-state index is -0.550. The molecule has 0 aliphatic carbocycles. The highest BCUT2D eigenvalue weighted by molar-refractivity contribution is 7.80. The van der Waals surface area contributed by atoms with Gasteiger partial charge >= 0.3 is 0 Å². The van der Waals surface area contributed by atoms with Gasteiger partial charge in [0, 0.05) is 10.6 Å². The highest BCUT2D eigenvalue weighted by atomic mass is 35.5. The van der Waals surface area contributed by atoms with Gasteiger partial charge in [0.05, 0.1) is 6.61 Å². The third-order valence-electron chi connectivity index (χ3n) is 3.86. The molecule has 1 saturated heterocycles. The molecule has 1 heterocycles. The Hall–Kier alpha value is -2.90. The summed E-state index contributed by atoms with van der Waals surface area (Å²) in [5.74, 6) is -0.0739. The molecule has 0 atom stereocenters. The van der Waals surface area contributed by atoms with Crippen molar-refractivity contribution in [2.24, 2.45) is 0 Å². The van der Waals surface area contributed by atoms with E-state index in [1.807, 2.05) is 25.1 Å². The summed E-state index contributed by atoms with van der Waals surface area (Å²) in [6.45, 7) is 2.56. The molecule has 2 aromatic rings. The molecule has 0 unspecified atom stereocenters. The molecular weight excluding hydrogens is 400 g/mol. The van der Waals surface area contributed by atoms with Crippen molar-refractivity contribution >= 4 is 46.8 Å². The highest BCUT2D eigenvalue weighted by Gasteiger charge is 2.25. The zero-order chi connectivity index (χ0) is 20.1. The first-order valence-corrected chi connectivity index (χ1v) is 9.28. The summed E-state index contributed by atoms with van der Waals surface area (Å²) < 4.78 is 11.5. The third-order valence-corrected chi connectivity index (χ3v) is 4.44. The zero-order valence-corrected chi connectivity index (χ0v) is 16.5. The maximum atomic E-state index is 12.0. The van der Waals surface area contributed by atoms with Gasteiger partial charge in [0.2, 0.25) is 0 Å². The molecule has 2 aromatic carbocycles. The van der Waals surface area contributed by atoms with E-state index >= 15 is 0 Å². The van der Waals surface area contributed by atoms with Crippen LogP contribution in [0.15, 0.2) is 48.0 Å². The summed E-state index contributed by atoms with van der Waals surface area (Å²) >= 11 is 11.0.